The SMILES string of the molecule is O=C(CN1N=N[C@H]2C(=O)N(c3cccc(Cl)c3)C(=O)[C@H]21)Nc1ccccc1F. The first-order valence-corrected chi connectivity index (χ1v) is 8.68. The number of hydrogen-bond acceptors (Lipinski definition) is 6. The van der Waals surface area contributed by atoms with Crippen molar-refractivity contribution in [1.29, 1.82) is 0 Å². The zero-order valence-electron chi connectivity index (χ0n) is 14.3. The number of nitrogens with zero attached hydrogens (tertiary/aromatic N) is 4. The lowest BCUT2D eigenvalue weighted by Gasteiger charge is -2.20. The minimum atomic E-state index is -1.03. The lowest BCUT2D eigenvalue weighted by Crippen LogP contribution is -2.43. The second-order valence-corrected chi connectivity index (χ2v) is 6.65. The Hall–Kier alpha value is -3.33. The summed E-state index contributed by atoms with van der Waals surface area (Å²) < 4.78 is 13.7. The Morgan fingerprint density at radius 3 is 2.68 bits per heavy atom. The Balaban J connectivity index is 1.50. The molecule has 0 unspecified atom stereocenters. The minimum Gasteiger partial charge on any atom is -0.322 e. The number of benzene rings is 2. The molecule has 0 spiro atoms. The highest BCUT2D eigenvalue weighted by molar-refractivity contribution is 6.31. The van der Waals surface area contributed by atoms with Crippen LogP contribution in [-0.4, -0.2) is 41.4 Å². The quantitative estimate of drug-likeness (QED) is 0.796. The maximum atomic E-state index is 13.7. The van der Waals surface area contributed by atoms with Crippen LogP contribution < -0.4 is 10.2 Å². The van der Waals surface area contributed by atoms with Crippen molar-refractivity contribution in [3.63, 3.8) is 0 Å². The van der Waals surface area contributed by atoms with E-state index < -0.39 is 35.6 Å². The van der Waals surface area contributed by atoms with Crippen LogP contribution in [0.3, 0.4) is 0 Å². The van der Waals surface area contributed by atoms with Gasteiger partial charge < -0.3 is 5.32 Å². The van der Waals surface area contributed by atoms with E-state index in [0.29, 0.717) is 10.7 Å². The third-order valence-corrected chi connectivity index (χ3v) is 4.61. The Morgan fingerprint density at radius 1 is 1.14 bits per heavy atom. The van der Waals surface area contributed by atoms with E-state index in [9.17, 15) is 18.8 Å². The van der Waals surface area contributed by atoms with E-state index >= 15 is 0 Å². The summed E-state index contributed by atoms with van der Waals surface area (Å²) in [4.78, 5) is 38.7. The second-order valence-electron chi connectivity index (χ2n) is 6.21. The van der Waals surface area contributed by atoms with Crippen molar-refractivity contribution >= 4 is 40.7 Å². The molecule has 2 aliphatic heterocycles. The van der Waals surface area contributed by atoms with Crippen molar-refractivity contribution in [1.82, 2.24) is 5.01 Å². The molecule has 8 nitrogen and oxygen atoms in total. The summed E-state index contributed by atoms with van der Waals surface area (Å²) in [6, 6.07) is 9.94. The summed E-state index contributed by atoms with van der Waals surface area (Å²) >= 11 is 5.94. The fourth-order valence-corrected chi connectivity index (χ4v) is 3.31. The largest absolute Gasteiger partial charge is 0.322 e. The first-order chi connectivity index (χ1) is 13.5. The normalized spacial score (nSPS) is 20.6. The molecule has 2 atom stereocenters. The highest BCUT2D eigenvalue weighted by Gasteiger charge is 2.55. The standard InChI is InChI=1S/C18H13ClFN5O3/c19-10-4-3-5-11(8-10)25-17(27)15-16(18(25)28)24(23-22-15)9-14(26)21-13-7-2-1-6-12(13)20/h1-8,15-16H,9H2,(H,21,26)/t15-,16+/m1/s1. The molecule has 0 aromatic heterocycles. The van der Waals surface area contributed by atoms with Gasteiger partial charge in [-0.15, -0.1) is 0 Å². The number of anilines is 2. The Morgan fingerprint density at radius 2 is 1.93 bits per heavy atom. The molecule has 10 heteroatoms. The number of fused-ring (bicyclic) bond motifs is 1. The van der Waals surface area contributed by atoms with Gasteiger partial charge in [-0.3, -0.25) is 19.4 Å². The van der Waals surface area contributed by atoms with Crippen molar-refractivity contribution in [2.24, 2.45) is 10.3 Å². The predicted octanol–water partition coefficient (Wildman–Crippen LogP) is 2.41. The maximum absolute atomic E-state index is 13.7. The summed E-state index contributed by atoms with van der Waals surface area (Å²) in [6.45, 7) is -0.360. The van der Waals surface area contributed by atoms with Crippen LogP contribution in [0.25, 0.3) is 0 Å². The Labute approximate surface area is 163 Å². The molecule has 142 valence electrons. The zero-order chi connectivity index (χ0) is 19.8. The number of halogens is 2. The van der Waals surface area contributed by atoms with Gasteiger partial charge in [0, 0.05) is 5.02 Å². The van der Waals surface area contributed by atoms with Gasteiger partial charge in [0.2, 0.25) is 5.91 Å². The lowest BCUT2D eigenvalue weighted by molar-refractivity contribution is -0.123. The molecule has 0 saturated carbocycles. The molecule has 1 fully saturated rings. The third kappa shape index (κ3) is 3.09. The van der Waals surface area contributed by atoms with Crippen LogP contribution >= 0.6 is 11.6 Å². The average molecular weight is 402 g/mol. The number of para-hydroxylation sites is 1. The van der Waals surface area contributed by atoms with Crippen LogP contribution in [0, 0.1) is 5.82 Å². The molecule has 0 aliphatic carbocycles. The molecule has 2 aromatic rings. The summed E-state index contributed by atoms with van der Waals surface area (Å²) in [7, 11) is 0. The lowest BCUT2D eigenvalue weighted by atomic mass is 10.1. The predicted molar refractivity (Wildman–Crippen MR) is 98.1 cm³/mol. The molecule has 28 heavy (non-hydrogen) atoms. The van der Waals surface area contributed by atoms with Crippen LogP contribution in [-0.2, 0) is 14.4 Å². The van der Waals surface area contributed by atoms with Crippen molar-refractivity contribution in [2.45, 2.75) is 12.1 Å². The highest BCUT2D eigenvalue weighted by Crippen LogP contribution is 2.32. The summed E-state index contributed by atoms with van der Waals surface area (Å²) in [5, 5.41) is 11.5. The van der Waals surface area contributed by atoms with Crippen LogP contribution in [0.4, 0.5) is 15.8 Å². The number of carbonyl (C=O) groups excluding carboxylic acids is 3. The number of rotatable bonds is 4. The first kappa shape index (κ1) is 18.1. The van der Waals surface area contributed by atoms with E-state index in [1.165, 1.54) is 24.3 Å². The molecule has 2 aromatic carbocycles. The molecule has 0 bridgehead atoms. The van der Waals surface area contributed by atoms with E-state index in [1.807, 2.05) is 0 Å². The van der Waals surface area contributed by atoms with Gasteiger partial charge in [-0.25, -0.2) is 9.29 Å². The summed E-state index contributed by atoms with van der Waals surface area (Å²) in [5.41, 5.74) is 0.331. The van der Waals surface area contributed by atoms with Crippen molar-refractivity contribution in [3.05, 3.63) is 59.4 Å². The van der Waals surface area contributed by atoms with Gasteiger partial charge in [0.05, 0.1) is 11.4 Å². The van der Waals surface area contributed by atoms with Crippen LogP contribution in [0.1, 0.15) is 0 Å². The molecule has 3 amide bonds. The van der Waals surface area contributed by atoms with Crippen molar-refractivity contribution in [2.75, 3.05) is 16.8 Å². The Bertz CT molecular complexity index is 1010. The van der Waals surface area contributed by atoms with Gasteiger partial charge in [0.1, 0.15) is 12.4 Å². The second kappa shape index (κ2) is 7.01. The zero-order valence-corrected chi connectivity index (χ0v) is 15.0. The minimum absolute atomic E-state index is 0.00886. The van der Waals surface area contributed by atoms with E-state index in [2.05, 4.69) is 15.7 Å². The average Bonchev–Trinajstić information content (AvgIpc) is 3.17. The topological polar surface area (TPSA) is 94.4 Å². The summed E-state index contributed by atoms with van der Waals surface area (Å²) in [5.74, 6) is -2.28. The van der Waals surface area contributed by atoms with Gasteiger partial charge in [-0.05, 0) is 30.3 Å². The molecule has 1 N–H and O–H groups in total. The number of nitrogens with one attached hydrogen (secondary N) is 1. The van der Waals surface area contributed by atoms with E-state index in [0.717, 1.165) is 9.91 Å². The number of amides is 3. The Kier molecular flexibility index (Phi) is 4.52. The fourth-order valence-electron chi connectivity index (χ4n) is 3.12. The third-order valence-electron chi connectivity index (χ3n) is 4.38. The first-order valence-electron chi connectivity index (χ1n) is 8.31. The van der Waals surface area contributed by atoms with E-state index in [4.69, 9.17) is 11.6 Å². The highest BCUT2D eigenvalue weighted by atomic mass is 35.5. The maximum Gasteiger partial charge on any atom is 0.263 e. The van der Waals surface area contributed by atoms with Gasteiger partial charge in [0.25, 0.3) is 11.8 Å². The van der Waals surface area contributed by atoms with Gasteiger partial charge in [0.15, 0.2) is 12.1 Å². The number of hydrogen-bond donors (Lipinski definition) is 1. The monoisotopic (exact) mass is 401 g/mol. The van der Waals surface area contributed by atoms with Gasteiger partial charge >= 0.3 is 0 Å². The van der Waals surface area contributed by atoms with Crippen LogP contribution in [0.15, 0.2) is 58.9 Å². The molecule has 1 saturated heterocycles. The molecular formula is C18H13ClFN5O3. The van der Waals surface area contributed by atoms with E-state index in [-0.39, 0.29) is 12.2 Å². The van der Waals surface area contributed by atoms with Gasteiger partial charge in [-0.1, -0.05) is 35.0 Å². The summed E-state index contributed by atoms with van der Waals surface area (Å²) in [6.07, 6.45) is 0. The van der Waals surface area contributed by atoms with Crippen LogP contribution in [0.5, 0.6) is 0 Å². The van der Waals surface area contributed by atoms with E-state index in [1.54, 1.807) is 24.3 Å². The van der Waals surface area contributed by atoms with Crippen molar-refractivity contribution < 1.29 is 18.8 Å². The smallest absolute Gasteiger partial charge is 0.263 e. The molecular weight excluding hydrogens is 389 g/mol. The molecule has 2 aliphatic rings. The van der Waals surface area contributed by atoms with Crippen molar-refractivity contribution in [3.8, 4) is 0 Å². The molecule has 2 heterocycles. The molecule has 4 rings (SSSR count). The number of imide groups is 1. The number of carbonyl (C=O) groups is 3. The van der Waals surface area contributed by atoms with Crippen LogP contribution in [0.2, 0.25) is 5.02 Å². The van der Waals surface area contributed by atoms with Gasteiger partial charge in [-0.2, -0.15) is 5.11 Å². The fraction of sp³-hybridized carbons (Fsp3) is 0.167. The molecule has 0 radical (unpaired) electrons.